The molecule has 0 unspecified atom stereocenters. The molecule has 6 nitrogen and oxygen atoms in total. The topological polar surface area (TPSA) is 61.8 Å². The van der Waals surface area contributed by atoms with Gasteiger partial charge in [-0.2, -0.15) is 0 Å². The van der Waals surface area contributed by atoms with Crippen LogP contribution in [0.25, 0.3) is 0 Å². The highest BCUT2D eigenvalue weighted by molar-refractivity contribution is 14.0. The number of guanidine groups is 1. The predicted molar refractivity (Wildman–Crippen MR) is 136 cm³/mol. The predicted octanol–water partition coefficient (Wildman–Crippen LogP) is 4.26. The summed E-state index contributed by atoms with van der Waals surface area (Å²) in [6, 6.07) is 9.99. The van der Waals surface area contributed by atoms with Gasteiger partial charge in [0, 0.05) is 37.4 Å². The number of halogens is 2. The van der Waals surface area contributed by atoms with Crippen molar-refractivity contribution in [1.82, 2.24) is 15.6 Å². The number of aliphatic imine (C=N–C) groups is 1. The van der Waals surface area contributed by atoms with Crippen molar-refractivity contribution in [3.05, 3.63) is 52.7 Å². The molecule has 0 spiro atoms. The van der Waals surface area contributed by atoms with Crippen LogP contribution in [0.2, 0.25) is 5.02 Å². The van der Waals surface area contributed by atoms with Crippen molar-refractivity contribution in [3.63, 3.8) is 0 Å². The van der Waals surface area contributed by atoms with E-state index in [1.165, 1.54) is 12.8 Å². The summed E-state index contributed by atoms with van der Waals surface area (Å²) in [6.07, 6.45) is 5.25. The van der Waals surface area contributed by atoms with Gasteiger partial charge >= 0.3 is 0 Å². The lowest BCUT2D eigenvalue weighted by Gasteiger charge is -2.16. The molecule has 0 aliphatic carbocycles. The molecule has 1 aliphatic heterocycles. The molecule has 1 aliphatic rings. The fourth-order valence-electron chi connectivity index (χ4n) is 3.33. The van der Waals surface area contributed by atoms with Gasteiger partial charge in [-0.25, -0.2) is 9.98 Å². The summed E-state index contributed by atoms with van der Waals surface area (Å²) in [5, 5.41) is 7.38. The van der Waals surface area contributed by atoms with Crippen molar-refractivity contribution in [1.29, 1.82) is 0 Å². The molecule has 0 atom stereocenters. The summed E-state index contributed by atoms with van der Waals surface area (Å²) in [7, 11) is 1.64. The number of pyridine rings is 1. The smallest absolute Gasteiger partial charge is 0.191 e. The summed E-state index contributed by atoms with van der Waals surface area (Å²) in [4.78, 5) is 11.6. The SMILES string of the molecule is CCNC(=NCc1ccc(N2CCCC2)nc1)NCCc1ccc(OC)cc1Cl.I. The van der Waals surface area contributed by atoms with E-state index in [-0.39, 0.29) is 24.0 Å². The molecule has 0 bridgehead atoms. The van der Waals surface area contributed by atoms with Crippen molar-refractivity contribution in [2.45, 2.75) is 32.7 Å². The monoisotopic (exact) mass is 543 g/mol. The standard InChI is InChI=1S/C22H30ClN5O.HI/c1-3-24-22(25-11-10-18-7-8-19(29-2)14-20(18)23)27-16-17-6-9-21(26-15-17)28-12-4-5-13-28;/h6-9,14-15H,3-5,10-13,16H2,1-2H3,(H2,24,25,27);1H. The molecule has 1 aromatic heterocycles. The van der Waals surface area contributed by atoms with Gasteiger partial charge in [0.05, 0.1) is 13.7 Å². The van der Waals surface area contributed by atoms with Crippen molar-refractivity contribution in [3.8, 4) is 5.75 Å². The average Bonchev–Trinajstić information content (AvgIpc) is 3.28. The highest BCUT2D eigenvalue weighted by Crippen LogP contribution is 2.22. The molecule has 2 N–H and O–H groups in total. The number of nitrogens with zero attached hydrogens (tertiary/aromatic N) is 3. The first-order valence-electron chi connectivity index (χ1n) is 10.2. The van der Waals surface area contributed by atoms with E-state index in [1.807, 2.05) is 24.4 Å². The first kappa shape index (κ1) is 24.5. The lowest BCUT2D eigenvalue weighted by atomic mass is 10.1. The van der Waals surface area contributed by atoms with Gasteiger partial charge < -0.3 is 20.3 Å². The van der Waals surface area contributed by atoms with E-state index in [0.29, 0.717) is 6.54 Å². The van der Waals surface area contributed by atoms with Gasteiger partial charge in [0.1, 0.15) is 11.6 Å². The minimum atomic E-state index is 0. The second-order valence-electron chi connectivity index (χ2n) is 7.05. The minimum Gasteiger partial charge on any atom is -0.497 e. The third-order valence-corrected chi connectivity index (χ3v) is 5.30. The Kier molecular flexibility index (Phi) is 10.5. The molecular formula is C22H31ClIN5O. The first-order chi connectivity index (χ1) is 14.2. The van der Waals surface area contributed by atoms with Crippen molar-refractivity contribution in [2.24, 2.45) is 4.99 Å². The lowest BCUT2D eigenvalue weighted by Crippen LogP contribution is -2.38. The molecule has 1 fully saturated rings. The maximum Gasteiger partial charge on any atom is 0.191 e. The van der Waals surface area contributed by atoms with Crippen LogP contribution in [0.1, 0.15) is 30.9 Å². The van der Waals surface area contributed by atoms with Crippen molar-refractivity contribution in [2.75, 3.05) is 38.2 Å². The van der Waals surface area contributed by atoms with E-state index in [0.717, 1.165) is 66.3 Å². The fourth-order valence-corrected chi connectivity index (χ4v) is 3.59. The Hall–Kier alpha value is -1.74. The second kappa shape index (κ2) is 12.8. The summed E-state index contributed by atoms with van der Waals surface area (Å²) in [6.45, 7) is 6.41. The Morgan fingerprint density at radius 1 is 1.20 bits per heavy atom. The van der Waals surface area contributed by atoms with Gasteiger partial charge in [0.2, 0.25) is 0 Å². The van der Waals surface area contributed by atoms with Gasteiger partial charge in [-0.3, -0.25) is 0 Å². The molecular weight excluding hydrogens is 513 g/mol. The minimum absolute atomic E-state index is 0. The molecule has 2 heterocycles. The van der Waals surface area contributed by atoms with Gasteiger partial charge in [-0.15, -0.1) is 24.0 Å². The Morgan fingerprint density at radius 3 is 2.63 bits per heavy atom. The third kappa shape index (κ3) is 7.19. The van der Waals surface area contributed by atoms with Gasteiger partial charge in [0.15, 0.2) is 5.96 Å². The summed E-state index contributed by atoms with van der Waals surface area (Å²) in [5.41, 5.74) is 2.18. The number of ether oxygens (including phenoxy) is 1. The number of nitrogens with one attached hydrogen (secondary N) is 2. The van der Waals surface area contributed by atoms with Crippen LogP contribution in [0.3, 0.4) is 0 Å². The zero-order valence-corrected chi connectivity index (χ0v) is 20.7. The highest BCUT2D eigenvalue weighted by atomic mass is 127. The van der Waals surface area contributed by atoms with Crippen LogP contribution in [-0.4, -0.2) is 44.2 Å². The second-order valence-corrected chi connectivity index (χ2v) is 7.46. The molecule has 0 amide bonds. The fraction of sp³-hybridized carbons (Fsp3) is 0.455. The normalized spacial score (nSPS) is 13.7. The van der Waals surface area contributed by atoms with E-state index in [1.54, 1.807) is 7.11 Å². The molecule has 164 valence electrons. The van der Waals surface area contributed by atoms with E-state index >= 15 is 0 Å². The van der Waals surface area contributed by atoms with E-state index < -0.39 is 0 Å². The lowest BCUT2D eigenvalue weighted by molar-refractivity contribution is 0.414. The van der Waals surface area contributed by atoms with Crippen LogP contribution < -0.4 is 20.3 Å². The molecule has 30 heavy (non-hydrogen) atoms. The summed E-state index contributed by atoms with van der Waals surface area (Å²) >= 11 is 6.32. The molecule has 0 radical (unpaired) electrons. The molecule has 8 heteroatoms. The quantitative estimate of drug-likeness (QED) is 0.296. The number of hydrogen-bond donors (Lipinski definition) is 2. The summed E-state index contributed by atoms with van der Waals surface area (Å²) < 4.78 is 5.20. The van der Waals surface area contributed by atoms with Crippen LogP contribution in [0.4, 0.5) is 5.82 Å². The molecule has 2 aromatic rings. The van der Waals surface area contributed by atoms with Gasteiger partial charge in [0.25, 0.3) is 0 Å². The number of methoxy groups -OCH3 is 1. The van der Waals surface area contributed by atoms with Crippen LogP contribution in [0.15, 0.2) is 41.5 Å². The van der Waals surface area contributed by atoms with E-state index in [9.17, 15) is 0 Å². The third-order valence-electron chi connectivity index (χ3n) is 4.95. The van der Waals surface area contributed by atoms with Crippen molar-refractivity contribution >= 4 is 47.4 Å². The van der Waals surface area contributed by atoms with Crippen LogP contribution in [0, 0.1) is 0 Å². The van der Waals surface area contributed by atoms with Crippen molar-refractivity contribution < 1.29 is 4.74 Å². The molecule has 1 aromatic carbocycles. The first-order valence-corrected chi connectivity index (χ1v) is 10.6. The highest BCUT2D eigenvalue weighted by Gasteiger charge is 2.12. The number of hydrogen-bond acceptors (Lipinski definition) is 4. The Balaban J connectivity index is 0.00000320. The van der Waals surface area contributed by atoms with Crippen LogP contribution in [-0.2, 0) is 13.0 Å². The number of benzene rings is 1. The van der Waals surface area contributed by atoms with E-state index in [2.05, 4.69) is 44.6 Å². The number of anilines is 1. The average molecular weight is 544 g/mol. The van der Waals surface area contributed by atoms with Crippen LogP contribution in [0.5, 0.6) is 5.75 Å². The van der Waals surface area contributed by atoms with Gasteiger partial charge in [-0.1, -0.05) is 23.7 Å². The van der Waals surface area contributed by atoms with Gasteiger partial charge in [-0.05, 0) is 55.5 Å². The summed E-state index contributed by atoms with van der Waals surface area (Å²) in [5.74, 6) is 2.63. The molecule has 0 saturated carbocycles. The largest absolute Gasteiger partial charge is 0.497 e. The van der Waals surface area contributed by atoms with Crippen LogP contribution >= 0.6 is 35.6 Å². The maximum absolute atomic E-state index is 6.32. The zero-order valence-electron chi connectivity index (χ0n) is 17.7. The maximum atomic E-state index is 6.32. The van der Waals surface area contributed by atoms with E-state index in [4.69, 9.17) is 16.3 Å². The molecule has 3 rings (SSSR count). The Morgan fingerprint density at radius 2 is 2.00 bits per heavy atom. The zero-order chi connectivity index (χ0) is 20.5. The number of aromatic nitrogens is 1. The Labute approximate surface area is 201 Å². The number of rotatable bonds is 8. The Bertz CT molecular complexity index is 810. The molecule has 1 saturated heterocycles.